The molecule has 1 aliphatic rings. The number of pyridine rings is 1. The molecule has 0 bridgehead atoms. The highest BCUT2D eigenvalue weighted by molar-refractivity contribution is 6.41. The molecule has 1 aromatic heterocycles. The van der Waals surface area contributed by atoms with Crippen molar-refractivity contribution in [2.24, 2.45) is 0 Å². The Morgan fingerprint density at radius 1 is 1.45 bits per heavy atom. The molecule has 2 rings (SSSR count). The third-order valence-electron chi connectivity index (χ3n) is 3.18. The maximum Gasteiger partial charge on any atom is 0.339 e. The van der Waals surface area contributed by atoms with E-state index in [2.05, 4.69) is 4.98 Å². The first-order valence-corrected chi connectivity index (χ1v) is 6.99. The zero-order valence-electron chi connectivity index (χ0n) is 11.0. The summed E-state index contributed by atoms with van der Waals surface area (Å²) < 4.78 is 4.70. The molecule has 1 aromatic rings. The van der Waals surface area contributed by atoms with Crippen LogP contribution in [-0.4, -0.2) is 35.4 Å². The van der Waals surface area contributed by atoms with E-state index in [1.807, 2.05) is 0 Å². The zero-order valence-corrected chi connectivity index (χ0v) is 12.5. The third-order valence-corrected chi connectivity index (χ3v) is 3.85. The van der Waals surface area contributed by atoms with Crippen molar-refractivity contribution in [3.8, 4) is 0 Å². The maximum absolute atomic E-state index is 11.8. The molecular formula is C13H14Cl2N2O3. The monoisotopic (exact) mass is 316 g/mol. The summed E-state index contributed by atoms with van der Waals surface area (Å²) in [6.07, 6.45) is 2.36. The first kappa shape index (κ1) is 15.1. The summed E-state index contributed by atoms with van der Waals surface area (Å²) in [5.41, 5.74) is 0.641. The second-order valence-corrected chi connectivity index (χ2v) is 5.28. The molecule has 1 amide bonds. The van der Waals surface area contributed by atoms with Gasteiger partial charge in [0.05, 0.1) is 29.9 Å². The average Bonchev–Trinajstić information content (AvgIpc) is 2.44. The Bertz CT molecular complexity index is 549. The maximum atomic E-state index is 11.8. The lowest BCUT2D eigenvalue weighted by atomic mass is 10.1. The van der Waals surface area contributed by atoms with Crippen LogP contribution in [0.4, 0.5) is 0 Å². The molecule has 0 unspecified atom stereocenters. The molecule has 0 radical (unpaired) electrons. The van der Waals surface area contributed by atoms with Crippen molar-refractivity contribution >= 4 is 35.1 Å². The number of piperidine rings is 1. The molecule has 108 valence electrons. The molecule has 20 heavy (non-hydrogen) atoms. The van der Waals surface area contributed by atoms with Gasteiger partial charge < -0.3 is 9.64 Å². The number of hydrogen-bond acceptors (Lipinski definition) is 4. The first-order chi connectivity index (χ1) is 9.52. The van der Waals surface area contributed by atoms with Crippen LogP contribution in [0, 0.1) is 0 Å². The number of hydrogen-bond donors (Lipinski definition) is 0. The van der Waals surface area contributed by atoms with E-state index < -0.39 is 5.97 Å². The van der Waals surface area contributed by atoms with Gasteiger partial charge in [-0.15, -0.1) is 0 Å². The SMILES string of the molecule is COC(=O)c1cc(Cl)c(Cl)nc1CN1CCCCC1=O. The molecule has 7 heteroatoms. The number of rotatable bonds is 3. The molecule has 0 atom stereocenters. The van der Waals surface area contributed by atoms with E-state index >= 15 is 0 Å². The Hall–Kier alpha value is -1.33. The molecule has 0 N–H and O–H groups in total. The number of halogens is 2. The fourth-order valence-corrected chi connectivity index (χ4v) is 2.43. The van der Waals surface area contributed by atoms with Gasteiger partial charge in [0.1, 0.15) is 5.15 Å². The standard InChI is InChI=1S/C13H14Cl2N2O3/c1-20-13(19)8-6-9(14)12(15)16-10(8)7-17-5-3-2-4-11(17)18/h6H,2-5,7H2,1H3. The first-order valence-electron chi connectivity index (χ1n) is 6.24. The van der Waals surface area contributed by atoms with E-state index in [-0.39, 0.29) is 28.2 Å². The zero-order chi connectivity index (χ0) is 14.7. The third kappa shape index (κ3) is 3.22. The van der Waals surface area contributed by atoms with Crippen LogP contribution in [0.15, 0.2) is 6.07 Å². The summed E-state index contributed by atoms with van der Waals surface area (Å²) in [6.45, 7) is 0.890. The van der Waals surface area contributed by atoms with Crippen molar-refractivity contribution in [1.29, 1.82) is 0 Å². The van der Waals surface area contributed by atoms with E-state index in [1.54, 1.807) is 4.90 Å². The summed E-state index contributed by atoms with van der Waals surface area (Å²) in [7, 11) is 1.28. The summed E-state index contributed by atoms with van der Waals surface area (Å²) in [5.74, 6) is -0.490. The number of nitrogens with zero attached hydrogens (tertiary/aromatic N) is 2. The minimum atomic E-state index is -0.546. The fourth-order valence-electron chi connectivity index (χ4n) is 2.12. The predicted octanol–water partition coefficient (Wildman–Crippen LogP) is 2.69. The normalized spacial score (nSPS) is 15.3. The average molecular weight is 317 g/mol. The number of carbonyl (C=O) groups excluding carboxylic acids is 2. The molecule has 1 aliphatic heterocycles. The molecule has 5 nitrogen and oxygen atoms in total. The van der Waals surface area contributed by atoms with Crippen molar-refractivity contribution in [2.75, 3.05) is 13.7 Å². The summed E-state index contributed by atoms with van der Waals surface area (Å²) >= 11 is 11.8. The van der Waals surface area contributed by atoms with E-state index in [1.165, 1.54) is 13.2 Å². The van der Waals surface area contributed by atoms with Gasteiger partial charge in [0.15, 0.2) is 0 Å². The molecule has 1 saturated heterocycles. The van der Waals surface area contributed by atoms with E-state index in [4.69, 9.17) is 27.9 Å². The highest BCUT2D eigenvalue weighted by atomic mass is 35.5. The van der Waals surface area contributed by atoms with Gasteiger partial charge >= 0.3 is 5.97 Å². The van der Waals surface area contributed by atoms with Crippen LogP contribution in [0.5, 0.6) is 0 Å². The molecule has 2 heterocycles. The summed E-state index contributed by atoms with van der Waals surface area (Å²) in [4.78, 5) is 29.4. The fraction of sp³-hybridized carbons (Fsp3) is 0.462. The van der Waals surface area contributed by atoms with Crippen LogP contribution in [0.1, 0.15) is 35.3 Å². The highest BCUT2D eigenvalue weighted by Crippen LogP contribution is 2.25. The smallest absolute Gasteiger partial charge is 0.339 e. The molecule has 1 fully saturated rings. The predicted molar refractivity (Wildman–Crippen MR) is 74.9 cm³/mol. The number of esters is 1. The topological polar surface area (TPSA) is 59.5 Å². The van der Waals surface area contributed by atoms with Crippen LogP contribution in [-0.2, 0) is 16.1 Å². The second kappa shape index (κ2) is 6.41. The van der Waals surface area contributed by atoms with Gasteiger partial charge in [-0.05, 0) is 18.9 Å². The Morgan fingerprint density at radius 2 is 2.20 bits per heavy atom. The summed E-state index contributed by atoms with van der Waals surface area (Å²) in [5, 5.41) is 0.291. The van der Waals surface area contributed by atoms with Crippen molar-refractivity contribution in [3.05, 3.63) is 27.5 Å². The molecule has 0 aromatic carbocycles. The van der Waals surface area contributed by atoms with E-state index in [0.717, 1.165) is 12.8 Å². The van der Waals surface area contributed by atoms with Crippen molar-refractivity contribution < 1.29 is 14.3 Å². The van der Waals surface area contributed by atoms with Crippen LogP contribution in [0.25, 0.3) is 0 Å². The van der Waals surface area contributed by atoms with Crippen LogP contribution in [0.2, 0.25) is 10.2 Å². The Labute approximate surface area is 126 Å². The van der Waals surface area contributed by atoms with Crippen molar-refractivity contribution in [3.63, 3.8) is 0 Å². The van der Waals surface area contributed by atoms with Crippen LogP contribution < -0.4 is 0 Å². The van der Waals surface area contributed by atoms with Crippen molar-refractivity contribution in [2.45, 2.75) is 25.8 Å². The lowest BCUT2D eigenvalue weighted by Gasteiger charge is -2.27. The molecule has 0 aliphatic carbocycles. The van der Waals surface area contributed by atoms with Gasteiger partial charge in [-0.25, -0.2) is 9.78 Å². The lowest BCUT2D eigenvalue weighted by Crippen LogP contribution is -2.35. The number of amides is 1. The van der Waals surface area contributed by atoms with Crippen LogP contribution in [0.3, 0.4) is 0 Å². The minimum Gasteiger partial charge on any atom is -0.465 e. The number of methoxy groups -OCH3 is 1. The quantitative estimate of drug-likeness (QED) is 0.635. The molecular weight excluding hydrogens is 303 g/mol. The lowest BCUT2D eigenvalue weighted by molar-refractivity contribution is -0.133. The molecule has 0 spiro atoms. The Balaban J connectivity index is 2.31. The largest absolute Gasteiger partial charge is 0.465 e. The highest BCUT2D eigenvalue weighted by Gasteiger charge is 2.23. The number of ether oxygens (including phenoxy) is 1. The van der Waals surface area contributed by atoms with Gasteiger partial charge in [-0.3, -0.25) is 4.79 Å². The van der Waals surface area contributed by atoms with Gasteiger partial charge in [0, 0.05) is 13.0 Å². The Kier molecular flexibility index (Phi) is 4.83. The van der Waals surface area contributed by atoms with Gasteiger partial charge in [-0.2, -0.15) is 0 Å². The van der Waals surface area contributed by atoms with Gasteiger partial charge in [-0.1, -0.05) is 23.2 Å². The van der Waals surface area contributed by atoms with E-state index in [0.29, 0.717) is 18.7 Å². The second-order valence-electron chi connectivity index (χ2n) is 4.52. The van der Waals surface area contributed by atoms with E-state index in [9.17, 15) is 9.59 Å². The Morgan fingerprint density at radius 3 is 2.85 bits per heavy atom. The number of carbonyl (C=O) groups is 2. The van der Waals surface area contributed by atoms with Crippen LogP contribution >= 0.6 is 23.2 Å². The summed E-state index contributed by atoms with van der Waals surface area (Å²) in [6, 6.07) is 1.42. The van der Waals surface area contributed by atoms with Gasteiger partial charge in [0.25, 0.3) is 0 Å². The number of aromatic nitrogens is 1. The minimum absolute atomic E-state index is 0.0555. The molecule has 0 saturated carbocycles. The number of likely N-dealkylation sites (tertiary alicyclic amines) is 1. The van der Waals surface area contributed by atoms with Gasteiger partial charge in [0.2, 0.25) is 5.91 Å². The van der Waals surface area contributed by atoms with Crippen molar-refractivity contribution in [1.82, 2.24) is 9.88 Å².